The molecular weight excluding hydrogens is 248 g/mol. The van der Waals surface area contributed by atoms with E-state index in [9.17, 15) is 10.1 Å². The molecule has 0 amide bonds. The summed E-state index contributed by atoms with van der Waals surface area (Å²) in [7, 11) is 1.42. The molecule has 1 aromatic rings. The molecule has 1 atom stereocenters. The van der Waals surface area contributed by atoms with Crippen LogP contribution in [0.1, 0.15) is 12.5 Å². The predicted molar refractivity (Wildman–Crippen MR) is 71.4 cm³/mol. The molecule has 2 rings (SSSR count). The monoisotopic (exact) mass is 264 g/mol. The average molecular weight is 264 g/mol. The van der Waals surface area contributed by atoms with E-state index in [-0.39, 0.29) is 11.4 Å². The molecule has 0 saturated carbocycles. The fourth-order valence-electron chi connectivity index (χ4n) is 1.83. The molecule has 19 heavy (non-hydrogen) atoms. The van der Waals surface area contributed by atoms with Gasteiger partial charge in [0, 0.05) is 18.7 Å². The normalized spacial score (nSPS) is 17.6. The van der Waals surface area contributed by atoms with Crippen molar-refractivity contribution in [1.82, 2.24) is 10.6 Å². The van der Waals surface area contributed by atoms with E-state index in [0.29, 0.717) is 12.6 Å². The Bertz CT molecular complexity index is 516. The number of nitrogens with one attached hydrogen (secondary N) is 2. The van der Waals surface area contributed by atoms with Gasteiger partial charge < -0.3 is 15.4 Å². The van der Waals surface area contributed by atoms with E-state index in [1.165, 1.54) is 13.2 Å². The van der Waals surface area contributed by atoms with Gasteiger partial charge in [0.2, 0.25) is 0 Å². The molecule has 0 aliphatic carbocycles. The molecule has 0 spiro atoms. The van der Waals surface area contributed by atoms with Crippen LogP contribution >= 0.6 is 0 Å². The summed E-state index contributed by atoms with van der Waals surface area (Å²) in [5.41, 5.74) is 0.771. The second-order valence-corrected chi connectivity index (χ2v) is 4.35. The number of hydrogen-bond acceptors (Lipinski definition) is 6. The number of hydrogen-bond donors (Lipinski definition) is 2. The summed E-state index contributed by atoms with van der Waals surface area (Å²) in [6.07, 6.45) is 0. The zero-order chi connectivity index (χ0) is 13.8. The average Bonchev–Trinajstić information content (AvgIpc) is 2.81. The van der Waals surface area contributed by atoms with E-state index >= 15 is 0 Å². The van der Waals surface area contributed by atoms with Crippen LogP contribution in [0.25, 0.3) is 0 Å². The summed E-state index contributed by atoms with van der Waals surface area (Å²) in [5, 5.41) is 17.2. The van der Waals surface area contributed by atoms with Crippen molar-refractivity contribution in [3.8, 4) is 5.75 Å². The lowest BCUT2D eigenvalue weighted by Crippen LogP contribution is -2.37. The summed E-state index contributed by atoms with van der Waals surface area (Å²) in [4.78, 5) is 14.7. The minimum absolute atomic E-state index is 0.0310. The number of nitro groups is 1. The van der Waals surface area contributed by atoms with E-state index in [1.54, 1.807) is 12.1 Å². The van der Waals surface area contributed by atoms with Crippen molar-refractivity contribution in [2.24, 2.45) is 4.99 Å². The lowest BCUT2D eigenvalue weighted by molar-refractivity contribution is -0.385. The molecule has 7 nitrogen and oxygen atoms in total. The van der Waals surface area contributed by atoms with Gasteiger partial charge in [-0.25, -0.2) is 0 Å². The number of methoxy groups -OCH3 is 1. The highest BCUT2D eigenvalue weighted by atomic mass is 16.6. The Morgan fingerprint density at radius 3 is 3.00 bits per heavy atom. The van der Waals surface area contributed by atoms with Crippen LogP contribution in [0.4, 0.5) is 5.69 Å². The molecule has 0 radical (unpaired) electrons. The summed E-state index contributed by atoms with van der Waals surface area (Å²) in [6, 6.07) is 5.22. The Hall–Kier alpha value is -2.31. The maximum absolute atomic E-state index is 10.9. The number of rotatable bonds is 4. The quantitative estimate of drug-likeness (QED) is 0.626. The van der Waals surface area contributed by atoms with Crippen LogP contribution < -0.4 is 15.4 Å². The Morgan fingerprint density at radius 2 is 2.42 bits per heavy atom. The first-order chi connectivity index (χ1) is 9.10. The SMILES string of the molecule is COc1ccc(CNC2=NCC(C)N2)cc1[N+](=O)[O-]. The van der Waals surface area contributed by atoms with E-state index in [0.717, 1.165) is 18.1 Å². The smallest absolute Gasteiger partial charge is 0.311 e. The zero-order valence-corrected chi connectivity index (χ0v) is 10.8. The molecule has 7 heteroatoms. The molecule has 1 aromatic carbocycles. The third kappa shape index (κ3) is 3.12. The van der Waals surface area contributed by atoms with Crippen LogP contribution in [-0.2, 0) is 6.54 Å². The van der Waals surface area contributed by atoms with Gasteiger partial charge in [0.1, 0.15) is 0 Å². The van der Waals surface area contributed by atoms with E-state index in [2.05, 4.69) is 15.6 Å². The first-order valence-electron chi connectivity index (χ1n) is 5.96. The lowest BCUT2D eigenvalue weighted by atomic mass is 10.2. The van der Waals surface area contributed by atoms with Gasteiger partial charge in [-0.2, -0.15) is 0 Å². The Kier molecular flexibility index (Phi) is 3.84. The first-order valence-corrected chi connectivity index (χ1v) is 5.96. The van der Waals surface area contributed by atoms with Crippen LogP contribution in [0.3, 0.4) is 0 Å². The maximum Gasteiger partial charge on any atom is 0.311 e. The minimum Gasteiger partial charge on any atom is -0.490 e. The molecule has 1 aliphatic rings. The molecule has 2 N–H and O–H groups in total. The Balaban J connectivity index is 2.05. The van der Waals surface area contributed by atoms with Crippen molar-refractivity contribution in [1.29, 1.82) is 0 Å². The van der Waals surface area contributed by atoms with Crippen LogP contribution in [-0.4, -0.2) is 30.6 Å². The molecule has 1 aliphatic heterocycles. The van der Waals surface area contributed by atoms with Crippen molar-refractivity contribution in [3.63, 3.8) is 0 Å². The van der Waals surface area contributed by atoms with Gasteiger partial charge in [0.25, 0.3) is 0 Å². The summed E-state index contributed by atoms with van der Waals surface area (Å²) < 4.78 is 4.96. The lowest BCUT2D eigenvalue weighted by Gasteiger charge is -2.09. The van der Waals surface area contributed by atoms with Crippen molar-refractivity contribution in [2.75, 3.05) is 13.7 Å². The standard InChI is InChI=1S/C12H16N4O3/c1-8-6-13-12(15-8)14-7-9-3-4-11(19-2)10(5-9)16(17)18/h3-5,8H,6-7H2,1-2H3,(H2,13,14,15). The summed E-state index contributed by atoms with van der Waals surface area (Å²) in [6.45, 7) is 3.25. The van der Waals surface area contributed by atoms with Gasteiger partial charge in [0.15, 0.2) is 11.7 Å². The fraction of sp³-hybridized carbons (Fsp3) is 0.417. The highest BCUT2D eigenvalue weighted by Crippen LogP contribution is 2.27. The van der Waals surface area contributed by atoms with Crippen LogP contribution in [0, 0.1) is 10.1 Å². The van der Waals surface area contributed by atoms with Crippen molar-refractivity contribution in [2.45, 2.75) is 19.5 Å². The molecule has 0 aromatic heterocycles. The Morgan fingerprint density at radius 1 is 1.63 bits per heavy atom. The van der Waals surface area contributed by atoms with Crippen LogP contribution in [0.2, 0.25) is 0 Å². The van der Waals surface area contributed by atoms with Gasteiger partial charge in [-0.05, 0) is 18.6 Å². The zero-order valence-electron chi connectivity index (χ0n) is 10.8. The van der Waals surface area contributed by atoms with Crippen molar-refractivity contribution in [3.05, 3.63) is 33.9 Å². The minimum atomic E-state index is -0.449. The third-order valence-corrected chi connectivity index (χ3v) is 2.81. The van der Waals surface area contributed by atoms with Gasteiger partial charge in [-0.15, -0.1) is 0 Å². The highest BCUT2D eigenvalue weighted by Gasteiger charge is 2.16. The van der Waals surface area contributed by atoms with E-state index < -0.39 is 4.92 Å². The molecule has 0 saturated heterocycles. The molecule has 0 fully saturated rings. The van der Waals surface area contributed by atoms with Gasteiger partial charge in [-0.3, -0.25) is 15.1 Å². The fourth-order valence-corrected chi connectivity index (χ4v) is 1.83. The van der Waals surface area contributed by atoms with E-state index in [4.69, 9.17) is 4.74 Å². The Labute approximate surface area is 110 Å². The molecular formula is C12H16N4O3. The number of aliphatic imine (C=N–C) groups is 1. The van der Waals surface area contributed by atoms with Crippen LogP contribution in [0.5, 0.6) is 5.75 Å². The number of nitrogens with zero attached hydrogens (tertiary/aromatic N) is 2. The van der Waals surface area contributed by atoms with E-state index in [1.807, 2.05) is 6.92 Å². The molecule has 0 bridgehead atoms. The number of ether oxygens (including phenoxy) is 1. The van der Waals surface area contributed by atoms with Gasteiger partial charge >= 0.3 is 5.69 Å². The first kappa shape index (κ1) is 13.1. The van der Waals surface area contributed by atoms with Crippen molar-refractivity contribution >= 4 is 11.6 Å². The second-order valence-electron chi connectivity index (χ2n) is 4.35. The number of nitro benzene ring substituents is 1. The highest BCUT2D eigenvalue weighted by molar-refractivity contribution is 5.81. The maximum atomic E-state index is 10.9. The van der Waals surface area contributed by atoms with Crippen LogP contribution in [0.15, 0.2) is 23.2 Å². The second kappa shape index (κ2) is 5.55. The summed E-state index contributed by atoms with van der Waals surface area (Å²) in [5.74, 6) is 0.990. The van der Waals surface area contributed by atoms with Gasteiger partial charge in [-0.1, -0.05) is 6.07 Å². The molecule has 1 heterocycles. The summed E-state index contributed by atoms with van der Waals surface area (Å²) >= 11 is 0. The van der Waals surface area contributed by atoms with Crippen molar-refractivity contribution < 1.29 is 9.66 Å². The third-order valence-electron chi connectivity index (χ3n) is 2.81. The molecule has 102 valence electrons. The molecule has 1 unspecified atom stereocenters. The number of guanidine groups is 1. The number of benzene rings is 1. The van der Waals surface area contributed by atoms with Gasteiger partial charge in [0.05, 0.1) is 18.6 Å². The topological polar surface area (TPSA) is 88.8 Å². The predicted octanol–water partition coefficient (Wildman–Crippen LogP) is 1.04. The largest absolute Gasteiger partial charge is 0.490 e.